The fourth-order valence-electron chi connectivity index (χ4n) is 2.53. The molecule has 0 saturated carbocycles. The van der Waals surface area contributed by atoms with Gasteiger partial charge < -0.3 is 15.2 Å². The first-order valence-electron chi connectivity index (χ1n) is 7.54. The molecular formula is C17H27NO2. The predicted molar refractivity (Wildman–Crippen MR) is 81.7 cm³/mol. The van der Waals surface area contributed by atoms with Gasteiger partial charge in [-0.05, 0) is 23.5 Å². The molecule has 0 amide bonds. The van der Waals surface area contributed by atoms with Gasteiger partial charge in [0.1, 0.15) is 0 Å². The first-order chi connectivity index (χ1) is 9.48. The maximum Gasteiger partial charge on any atom is 0.0914 e. The van der Waals surface area contributed by atoms with E-state index in [2.05, 4.69) is 38.2 Å². The zero-order valence-corrected chi connectivity index (χ0v) is 12.9. The molecule has 2 rings (SSSR count). The van der Waals surface area contributed by atoms with Gasteiger partial charge in [0.05, 0.1) is 19.3 Å². The van der Waals surface area contributed by atoms with Crippen molar-refractivity contribution in [3.8, 4) is 0 Å². The Labute approximate surface area is 122 Å². The highest BCUT2D eigenvalue weighted by Crippen LogP contribution is 2.25. The molecule has 1 atom stereocenters. The minimum atomic E-state index is -0.437. The molecular weight excluding hydrogens is 250 g/mol. The molecule has 3 heteroatoms. The Balaban J connectivity index is 1.78. The summed E-state index contributed by atoms with van der Waals surface area (Å²) in [4.78, 5) is 0. The van der Waals surface area contributed by atoms with Crippen LogP contribution in [0.2, 0.25) is 0 Å². The van der Waals surface area contributed by atoms with Crippen molar-refractivity contribution in [1.82, 2.24) is 5.32 Å². The highest BCUT2D eigenvalue weighted by Gasteiger charge is 2.32. The quantitative estimate of drug-likeness (QED) is 0.805. The van der Waals surface area contributed by atoms with Gasteiger partial charge in [0.25, 0.3) is 0 Å². The van der Waals surface area contributed by atoms with E-state index in [1.807, 2.05) is 12.1 Å². The molecule has 1 aromatic rings. The van der Waals surface area contributed by atoms with Crippen molar-refractivity contribution in [3.63, 3.8) is 0 Å². The van der Waals surface area contributed by atoms with Gasteiger partial charge in [-0.3, -0.25) is 0 Å². The Hall–Kier alpha value is -0.900. The molecule has 1 saturated heterocycles. The number of rotatable bonds is 7. The standard InChI is InChI=1S/C17H27NO2/c1-13(2)8-14-4-6-15(7-5-14)16(19)9-18-10-17(3)11-20-12-17/h4-7,13,16,18-19H,8-12H2,1-3H3. The Morgan fingerprint density at radius 1 is 1.25 bits per heavy atom. The van der Waals surface area contributed by atoms with E-state index in [9.17, 15) is 5.11 Å². The van der Waals surface area contributed by atoms with Crippen LogP contribution in [0, 0.1) is 11.3 Å². The molecule has 1 unspecified atom stereocenters. The number of nitrogens with one attached hydrogen (secondary N) is 1. The molecule has 20 heavy (non-hydrogen) atoms. The van der Waals surface area contributed by atoms with E-state index < -0.39 is 6.10 Å². The van der Waals surface area contributed by atoms with Gasteiger partial charge in [0.2, 0.25) is 0 Å². The summed E-state index contributed by atoms with van der Waals surface area (Å²) in [7, 11) is 0. The summed E-state index contributed by atoms with van der Waals surface area (Å²) < 4.78 is 5.22. The monoisotopic (exact) mass is 277 g/mol. The van der Waals surface area contributed by atoms with Crippen molar-refractivity contribution in [2.24, 2.45) is 11.3 Å². The van der Waals surface area contributed by atoms with E-state index in [1.54, 1.807) is 0 Å². The second-order valence-corrected chi connectivity index (χ2v) is 6.79. The summed E-state index contributed by atoms with van der Waals surface area (Å²) in [5.41, 5.74) is 2.57. The molecule has 1 fully saturated rings. The lowest BCUT2D eigenvalue weighted by Gasteiger charge is -2.38. The maximum absolute atomic E-state index is 10.2. The fraction of sp³-hybridized carbons (Fsp3) is 0.647. The number of aliphatic hydroxyl groups is 1. The van der Waals surface area contributed by atoms with Crippen molar-refractivity contribution in [3.05, 3.63) is 35.4 Å². The molecule has 0 aliphatic carbocycles. The number of hydrogen-bond donors (Lipinski definition) is 2. The number of hydrogen-bond acceptors (Lipinski definition) is 3. The second-order valence-electron chi connectivity index (χ2n) is 6.79. The molecule has 112 valence electrons. The summed E-state index contributed by atoms with van der Waals surface area (Å²) in [6.07, 6.45) is 0.653. The third-order valence-electron chi connectivity index (χ3n) is 3.80. The SMILES string of the molecule is CC(C)Cc1ccc(C(O)CNCC2(C)COC2)cc1. The third kappa shape index (κ3) is 4.30. The van der Waals surface area contributed by atoms with Crippen molar-refractivity contribution in [2.45, 2.75) is 33.3 Å². The molecule has 2 N–H and O–H groups in total. The zero-order valence-electron chi connectivity index (χ0n) is 12.9. The molecule has 1 aliphatic rings. The first kappa shape index (κ1) is 15.5. The van der Waals surface area contributed by atoms with E-state index in [0.717, 1.165) is 31.7 Å². The minimum Gasteiger partial charge on any atom is -0.387 e. The Morgan fingerprint density at radius 3 is 2.40 bits per heavy atom. The van der Waals surface area contributed by atoms with Crippen molar-refractivity contribution < 1.29 is 9.84 Å². The summed E-state index contributed by atoms with van der Waals surface area (Å²) in [5, 5.41) is 13.5. The molecule has 1 aromatic carbocycles. The van der Waals surface area contributed by atoms with Gasteiger partial charge in [-0.25, -0.2) is 0 Å². The topological polar surface area (TPSA) is 41.5 Å². The first-order valence-corrected chi connectivity index (χ1v) is 7.54. The predicted octanol–water partition coefficient (Wildman–Crippen LogP) is 2.54. The summed E-state index contributed by atoms with van der Waals surface area (Å²) in [6, 6.07) is 8.33. The van der Waals surface area contributed by atoms with Crippen LogP contribution in [0.25, 0.3) is 0 Å². The zero-order chi connectivity index (χ0) is 14.6. The van der Waals surface area contributed by atoms with Crippen LogP contribution in [-0.2, 0) is 11.2 Å². The van der Waals surface area contributed by atoms with Gasteiger partial charge in [0.15, 0.2) is 0 Å². The van der Waals surface area contributed by atoms with Gasteiger partial charge in [-0.2, -0.15) is 0 Å². The minimum absolute atomic E-state index is 0.251. The van der Waals surface area contributed by atoms with Crippen LogP contribution in [0.1, 0.15) is 38.0 Å². The van der Waals surface area contributed by atoms with Crippen LogP contribution in [0.4, 0.5) is 0 Å². The third-order valence-corrected chi connectivity index (χ3v) is 3.80. The molecule has 0 aromatic heterocycles. The molecule has 3 nitrogen and oxygen atoms in total. The van der Waals surface area contributed by atoms with Crippen LogP contribution in [0.5, 0.6) is 0 Å². The summed E-state index contributed by atoms with van der Waals surface area (Å²) >= 11 is 0. The Morgan fingerprint density at radius 2 is 1.90 bits per heavy atom. The molecule has 0 bridgehead atoms. The van der Waals surface area contributed by atoms with Gasteiger partial charge >= 0.3 is 0 Å². The smallest absolute Gasteiger partial charge is 0.0914 e. The largest absolute Gasteiger partial charge is 0.387 e. The van der Waals surface area contributed by atoms with Gasteiger partial charge in [-0.1, -0.05) is 45.0 Å². The lowest BCUT2D eigenvalue weighted by atomic mass is 9.88. The average Bonchev–Trinajstić information content (AvgIpc) is 2.36. The van der Waals surface area contributed by atoms with Crippen LogP contribution in [-0.4, -0.2) is 31.4 Å². The molecule has 1 heterocycles. The number of ether oxygens (including phenoxy) is 1. The van der Waals surface area contributed by atoms with Crippen LogP contribution >= 0.6 is 0 Å². The van der Waals surface area contributed by atoms with Crippen LogP contribution in [0.15, 0.2) is 24.3 Å². The highest BCUT2D eigenvalue weighted by molar-refractivity contribution is 5.24. The lowest BCUT2D eigenvalue weighted by molar-refractivity contribution is -0.0996. The van der Waals surface area contributed by atoms with Crippen molar-refractivity contribution in [1.29, 1.82) is 0 Å². The Kier molecular flexibility index (Phi) is 5.19. The number of aliphatic hydroxyl groups excluding tert-OH is 1. The van der Waals surface area contributed by atoms with E-state index in [-0.39, 0.29) is 5.41 Å². The average molecular weight is 277 g/mol. The molecule has 0 radical (unpaired) electrons. The van der Waals surface area contributed by atoms with E-state index in [0.29, 0.717) is 12.5 Å². The van der Waals surface area contributed by atoms with Gasteiger partial charge in [-0.15, -0.1) is 0 Å². The maximum atomic E-state index is 10.2. The Bertz CT molecular complexity index is 410. The number of benzene rings is 1. The van der Waals surface area contributed by atoms with E-state index in [1.165, 1.54) is 5.56 Å². The molecule has 1 aliphatic heterocycles. The highest BCUT2D eigenvalue weighted by atomic mass is 16.5. The van der Waals surface area contributed by atoms with E-state index in [4.69, 9.17) is 4.74 Å². The lowest BCUT2D eigenvalue weighted by Crippen LogP contribution is -2.47. The van der Waals surface area contributed by atoms with Gasteiger partial charge in [0, 0.05) is 18.5 Å². The summed E-state index contributed by atoms with van der Waals surface area (Å²) in [6.45, 7) is 9.78. The van der Waals surface area contributed by atoms with Crippen LogP contribution < -0.4 is 5.32 Å². The summed E-state index contributed by atoms with van der Waals surface area (Å²) in [5.74, 6) is 0.665. The van der Waals surface area contributed by atoms with Crippen molar-refractivity contribution >= 4 is 0 Å². The normalized spacial score (nSPS) is 18.9. The molecule has 0 spiro atoms. The van der Waals surface area contributed by atoms with Crippen LogP contribution in [0.3, 0.4) is 0 Å². The van der Waals surface area contributed by atoms with E-state index >= 15 is 0 Å². The van der Waals surface area contributed by atoms with Crippen molar-refractivity contribution in [2.75, 3.05) is 26.3 Å². The second kappa shape index (κ2) is 6.70. The fourth-order valence-corrected chi connectivity index (χ4v) is 2.53.